The van der Waals surface area contributed by atoms with Crippen LogP contribution in [0.1, 0.15) is 36.4 Å². The smallest absolute Gasteiger partial charge is 0.337 e. The lowest BCUT2D eigenvalue weighted by molar-refractivity contribution is -0.150. The number of furan rings is 1. The van der Waals surface area contributed by atoms with Crippen molar-refractivity contribution in [3.8, 4) is 11.3 Å². The monoisotopic (exact) mass is 463 g/mol. The van der Waals surface area contributed by atoms with Gasteiger partial charge in [-0.25, -0.2) is 4.79 Å². The van der Waals surface area contributed by atoms with Crippen LogP contribution in [0.15, 0.2) is 39.7 Å². The second-order valence-electron chi connectivity index (χ2n) is 6.68. The molecular formula is C21H18ClNO7S. The van der Waals surface area contributed by atoms with E-state index in [4.69, 9.17) is 25.9 Å². The zero-order chi connectivity index (χ0) is 22.7. The van der Waals surface area contributed by atoms with Crippen LogP contribution in [0.5, 0.6) is 0 Å². The molecular weight excluding hydrogens is 446 g/mol. The van der Waals surface area contributed by atoms with Crippen LogP contribution in [0.4, 0.5) is 4.79 Å². The summed E-state index contributed by atoms with van der Waals surface area (Å²) < 4.78 is 10.8. The highest BCUT2D eigenvalue weighted by molar-refractivity contribution is 8.18. The van der Waals surface area contributed by atoms with E-state index in [2.05, 4.69) is 0 Å². The van der Waals surface area contributed by atoms with E-state index in [1.807, 2.05) is 6.92 Å². The summed E-state index contributed by atoms with van der Waals surface area (Å²) in [4.78, 5) is 48.6. The Morgan fingerprint density at radius 3 is 2.68 bits per heavy atom. The van der Waals surface area contributed by atoms with Crippen LogP contribution in [0, 0.1) is 0 Å². The van der Waals surface area contributed by atoms with Crippen LogP contribution in [0.25, 0.3) is 17.4 Å². The van der Waals surface area contributed by atoms with E-state index in [0.717, 1.165) is 4.90 Å². The number of hydrogen-bond donors (Lipinski definition) is 1. The molecule has 1 aliphatic rings. The molecule has 2 heterocycles. The van der Waals surface area contributed by atoms with Crippen LogP contribution in [-0.4, -0.2) is 45.7 Å². The van der Waals surface area contributed by atoms with Crippen molar-refractivity contribution in [3.63, 3.8) is 0 Å². The van der Waals surface area contributed by atoms with Crippen molar-refractivity contribution in [1.82, 2.24) is 4.90 Å². The highest BCUT2D eigenvalue weighted by Crippen LogP contribution is 2.34. The zero-order valence-electron chi connectivity index (χ0n) is 16.6. The first-order valence-electron chi connectivity index (χ1n) is 9.27. The normalized spacial score (nSPS) is 16.1. The standard InChI is InChI=1S/C21H18ClNO7S/c1-3-11(2)29-18(24)10-23-19(25)17(31-21(23)28)9-13-5-7-16(30-13)12-4-6-14(20(26)27)15(22)8-12/h4-9,11H,3,10H2,1-2H3,(H,26,27)/b17-9-/t11-/m1/s1. The van der Waals surface area contributed by atoms with Gasteiger partial charge in [-0.05, 0) is 49.4 Å². The van der Waals surface area contributed by atoms with E-state index in [1.54, 1.807) is 25.1 Å². The van der Waals surface area contributed by atoms with Gasteiger partial charge in [0.15, 0.2) is 0 Å². The number of carboxylic acids is 1. The SMILES string of the molecule is CC[C@@H](C)OC(=O)CN1C(=O)S/C(=C\c2ccc(-c3ccc(C(=O)O)c(Cl)c3)o2)C1=O. The number of halogens is 1. The van der Waals surface area contributed by atoms with Crippen molar-refractivity contribution >= 4 is 52.5 Å². The number of benzene rings is 1. The molecule has 8 nitrogen and oxygen atoms in total. The number of carboxylic acid groups (broad SMARTS) is 1. The van der Waals surface area contributed by atoms with Crippen molar-refractivity contribution in [3.05, 3.63) is 51.6 Å². The van der Waals surface area contributed by atoms with Crippen LogP contribution in [0.2, 0.25) is 5.02 Å². The maximum absolute atomic E-state index is 12.5. The van der Waals surface area contributed by atoms with E-state index in [1.165, 1.54) is 18.2 Å². The summed E-state index contributed by atoms with van der Waals surface area (Å²) in [5.41, 5.74) is 0.522. The number of carbonyl (C=O) groups excluding carboxylic acids is 3. The fourth-order valence-corrected chi connectivity index (χ4v) is 3.75. The molecule has 1 fully saturated rings. The number of carbonyl (C=O) groups is 4. The summed E-state index contributed by atoms with van der Waals surface area (Å²) in [5, 5.41) is 8.55. The first-order valence-corrected chi connectivity index (χ1v) is 10.5. The number of aromatic carboxylic acids is 1. The quantitative estimate of drug-likeness (QED) is 0.465. The molecule has 162 valence electrons. The molecule has 31 heavy (non-hydrogen) atoms. The lowest BCUT2D eigenvalue weighted by Crippen LogP contribution is -2.35. The minimum absolute atomic E-state index is 0.0299. The molecule has 1 N–H and O–H groups in total. The topological polar surface area (TPSA) is 114 Å². The van der Waals surface area contributed by atoms with Gasteiger partial charge in [-0.2, -0.15) is 0 Å². The molecule has 1 aromatic heterocycles. The van der Waals surface area contributed by atoms with Gasteiger partial charge in [0.1, 0.15) is 18.1 Å². The summed E-state index contributed by atoms with van der Waals surface area (Å²) in [7, 11) is 0. The number of rotatable bonds is 7. The Labute approximate surface area is 186 Å². The Morgan fingerprint density at radius 2 is 2.03 bits per heavy atom. The van der Waals surface area contributed by atoms with Crippen molar-refractivity contribution in [2.45, 2.75) is 26.4 Å². The second-order valence-corrected chi connectivity index (χ2v) is 8.08. The molecule has 0 aliphatic carbocycles. The number of imide groups is 1. The first-order chi connectivity index (χ1) is 14.7. The number of nitrogens with zero attached hydrogens (tertiary/aromatic N) is 1. The minimum Gasteiger partial charge on any atom is -0.478 e. The molecule has 0 unspecified atom stereocenters. The highest BCUT2D eigenvalue weighted by Gasteiger charge is 2.37. The van der Waals surface area contributed by atoms with Crippen molar-refractivity contribution in [2.24, 2.45) is 0 Å². The van der Waals surface area contributed by atoms with Crippen molar-refractivity contribution < 1.29 is 33.4 Å². The number of ether oxygens (including phenoxy) is 1. The second kappa shape index (κ2) is 9.40. The van der Waals surface area contributed by atoms with Crippen LogP contribution in [-0.2, 0) is 14.3 Å². The fraction of sp³-hybridized carbons (Fsp3) is 0.238. The molecule has 2 aromatic rings. The summed E-state index contributed by atoms with van der Waals surface area (Å²) >= 11 is 6.69. The van der Waals surface area contributed by atoms with Crippen LogP contribution < -0.4 is 0 Å². The Kier molecular flexibility index (Phi) is 6.87. The molecule has 0 spiro atoms. The molecule has 1 saturated heterocycles. The molecule has 0 bridgehead atoms. The van der Waals surface area contributed by atoms with E-state index in [9.17, 15) is 19.2 Å². The molecule has 1 atom stereocenters. The largest absolute Gasteiger partial charge is 0.478 e. The molecule has 1 aromatic carbocycles. The Bertz CT molecular complexity index is 1090. The number of thioether (sulfide) groups is 1. The van der Waals surface area contributed by atoms with Gasteiger partial charge in [-0.15, -0.1) is 0 Å². The third-order valence-corrected chi connectivity index (χ3v) is 5.67. The molecule has 2 amide bonds. The van der Waals surface area contributed by atoms with E-state index >= 15 is 0 Å². The van der Waals surface area contributed by atoms with E-state index in [0.29, 0.717) is 35.3 Å². The van der Waals surface area contributed by atoms with Crippen LogP contribution >= 0.6 is 23.4 Å². The van der Waals surface area contributed by atoms with Gasteiger partial charge in [0.25, 0.3) is 11.1 Å². The van der Waals surface area contributed by atoms with Crippen molar-refractivity contribution in [2.75, 3.05) is 6.54 Å². The predicted molar refractivity (Wildman–Crippen MR) is 115 cm³/mol. The van der Waals surface area contributed by atoms with E-state index < -0.39 is 29.6 Å². The van der Waals surface area contributed by atoms with Gasteiger partial charge in [0.2, 0.25) is 0 Å². The molecule has 10 heteroatoms. The molecule has 0 radical (unpaired) electrons. The third-order valence-electron chi connectivity index (χ3n) is 4.45. The Morgan fingerprint density at radius 1 is 1.29 bits per heavy atom. The average Bonchev–Trinajstić information content (AvgIpc) is 3.28. The van der Waals surface area contributed by atoms with Crippen LogP contribution in [0.3, 0.4) is 0 Å². The van der Waals surface area contributed by atoms with Gasteiger partial charge in [-0.3, -0.25) is 19.3 Å². The predicted octanol–water partition coefficient (Wildman–Crippen LogP) is 4.68. The maximum Gasteiger partial charge on any atom is 0.337 e. The molecule has 0 saturated carbocycles. The Hall–Kier alpha value is -3.04. The maximum atomic E-state index is 12.5. The summed E-state index contributed by atoms with van der Waals surface area (Å²) in [6.07, 6.45) is 1.72. The minimum atomic E-state index is -1.14. The lowest BCUT2D eigenvalue weighted by atomic mass is 10.1. The van der Waals surface area contributed by atoms with Gasteiger partial charge in [0.05, 0.1) is 21.6 Å². The summed E-state index contributed by atoms with van der Waals surface area (Å²) in [5.74, 6) is -1.69. The van der Waals surface area contributed by atoms with Crippen molar-refractivity contribution in [1.29, 1.82) is 0 Å². The number of hydrogen-bond acceptors (Lipinski definition) is 7. The first kappa shape index (κ1) is 22.6. The zero-order valence-corrected chi connectivity index (χ0v) is 18.2. The third kappa shape index (κ3) is 5.18. The molecule has 3 rings (SSSR count). The summed E-state index contributed by atoms with van der Waals surface area (Å²) in [6, 6.07) is 7.61. The molecule has 1 aliphatic heterocycles. The van der Waals surface area contributed by atoms with E-state index in [-0.39, 0.29) is 21.6 Å². The van der Waals surface area contributed by atoms with Gasteiger partial charge < -0.3 is 14.3 Å². The number of esters is 1. The average molecular weight is 464 g/mol. The van der Waals surface area contributed by atoms with Gasteiger partial charge in [-0.1, -0.05) is 24.6 Å². The summed E-state index contributed by atoms with van der Waals surface area (Å²) in [6.45, 7) is 3.12. The van der Waals surface area contributed by atoms with Gasteiger partial charge in [0, 0.05) is 11.6 Å². The Balaban J connectivity index is 1.75. The lowest BCUT2D eigenvalue weighted by Gasteiger charge is -2.14. The number of amides is 2. The highest BCUT2D eigenvalue weighted by atomic mass is 35.5. The van der Waals surface area contributed by atoms with Gasteiger partial charge >= 0.3 is 11.9 Å². The fourth-order valence-electron chi connectivity index (χ4n) is 2.67.